The Bertz CT molecular complexity index is 808. The van der Waals surface area contributed by atoms with Crippen molar-refractivity contribution >= 4 is 23.4 Å². The number of benzene rings is 2. The predicted molar refractivity (Wildman–Crippen MR) is 109 cm³/mol. The van der Waals surface area contributed by atoms with Gasteiger partial charge in [-0.15, -0.1) is 0 Å². The quantitative estimate of drug-likeness (QED) is 0.716. The number of carbonyl (C=O) groups is 2. The van der Waals surface area contributed by atoms with E-state index >= 15 is 0 Å². The lowest BCUT2D eigenvalue weighted by Gasteiger charge is -2.29. The van der Waals surface area contributed by atoms with Crippen molar-refractivity contribution in [3.05, 3.63) is 70.5 Å². The molecular formula is C22H26ClFN2O2. The fraction of sp³-hybridized carbons (Fsp3) is 0.364. The van der Waals surface area contributed by atoms with E-state index in [-0.39, 0.29) is 30.6 Å². The van der Waals surface area contributed by atoms with E-state index in [1.807, 2.05) is 19.9 Å². The van der Waals surface area contributed by atoms with Crippen LogP contribution in [0, 0.1) is 11.7 Å². The summed E-state index contributed by atoms with van der Waals surface area (Å²) in [5.74, 6) is -0.478. The third kappa shape index (κ3) is 6.34. The van der Waals surface area contributed by atoms with Crippen molar-refractivity contribution in [2.24, 2.45) is 5.92 Å². The molecule has 0 bridgehead atoms. The fourth-order valence-corrected chi connectivity index (χ4v) is 2.93. The SMILES string of the molecule is CC(C)CNC(=O)C(C)N(Cc1ccc(F)cc1)C(=O)Cc1ccccc1Cl. The molecule has 28 heavy (non-hydrogen) atoms. The van der Waals surface area contributed by atoms with Crippen LogP contribution in [0.5, 0.6) is 0 Å². The van der Waals surface area contributed by atoms with Gasteiger partial charge in [0.05, 0.1) is 6.42 Å². The van der Waals surface area contributed by atoms with E-state index < -0.39 is 6.04 Å². The van der Waals surface area contributed by atoms with Crippen molar-refractivity contribution in [1.29, 1.82) is 0 Å². The number of halogens is 2. The summed E-state index contributed by atoms with van der Waals surface area (Å²) in [5.41, 5.74) is 1.45. The molecule has 0 aliphatic carbocycles. The van der Waals surface area contributed by atoms with E-state index in [2.05, 4.69) is 5.32 Å². The Kier molecular flexibility index (Phi) is 8.00. The minimum Gasteiger partial charge on any atom is -0.354 e. The largest absolute Gasteiger partial charge is 0.354 e. The van der Waals surface area contributed by atoms with Crippen molar-refractivity contribution in [2.45, 2.75) is 39.8 Å². The van der Waals surface area contributed by atoms with E-state index in [1.54, 1.807) is 37.3 Å². The van der Waals surface area contributed by atoms with Gasteiger partial charge in [-0.1, -0.05) is 55.8 Å². The van der Waals surface area contributed by atoms with E-state index in [1.165, 1.54) is 17.0 Å². The highest BCUT2D eigenvalue weighted by atomic mass is 35.5. The van der Waals surface area contributed by atoms with Crippen LogP contribution in [0.2, 0.25) is 5.02 Å². The minimum atomic E-state index is -0.668. The van der Waals surface area contributed by atoms with Crippen LogP contribution in [0.3, 0.4) is 0 Å². The Balaban J connectivity index is 2.21. The molecule has 0 radical (unpaired) electrons. The Morgan fingerprint density at radius 3 is 2.32 bits per heavy atom. The normalized spacial score (nSPS) is 11.9. The summed E-state index contributed by atoms with van der Waals surface area (Å²) in [6.07, 6.45) is 0.0860. The van der Waals surface area contributed by atoms with E-state index in [0.29, 0.717) is 23.0 Å². The summed E-state index contributed by atoms with van der Waals surface area (Å²) in [4.78, 5) is 27.1. The number of carbonyl (C=O) groups excluding carboxylic acids is 2. The summed E-state index contributed by atoms with van der Waals surface area (Å²) in [6, 6.07) is 12.4. The monoisotopic (exact) mass is 404 g/mol. The van der Waals surface area contributed by atoms with Crippen molar-refractivity contribution in [2.75, 3.05) is 6.54 Å². The van der Waals surface area contributed by atoms with Crippen LogP contribution in [0.15, 0.2) is 48.5 Å². The van der Waals surface area contributed by atoms with Crippen LogP contribution in [0.25, 0.3) is 0 Å². The summed E-state index contributed by atoms with van der Waals surface area (Å²) in [5, 5.41) is 3.38. The van der Waals surface area contributed by atoms with Gasteiger partial charge in [0.2, 0.25) is 11.8 Å². The van der Waals surface area contributed by atoms with Gasteiger partial charge in [0.1, 0.15) is 11.9 Å². The van der Waals surface area contributed by atoms with Crippen molar-refractivity contribution in [1.82, 2.24) is 10.2 Å². The summed E-state index contributed by atoms with van der Waals surface area (Å²) >= 11 is 6.19. The molecule has 2 amide bonds. The molecule has 150 valence electrons. The van der Waals surface area contributed by atoms with Gasteiger partial charge in [0.15, 0.2) is 0 Å². The smallest absolute Gasteiger partial charge is 0.242 e. The molecule has 0 fully saturated rings. The average Bonchev–Trinajstić information content (AvgIpc) is 2.66. The predicted octanol–water partition coefficient (Wildman–Crippen LogP) is 4.21. The number of rotatable bonds is 8. The Morgan fingerprint density at radius 2 is 1.71 bits per heavy atom. The van der Waals surface area contributed by atoms with Gasteiger partial charge in [-0.2, -0.15) is 0 Å². The van der Waals surface area contributed by atoms with E-state index in [4.69, 9.17) is 11.6 Å². The molecule has 0 saturated carbocycles. The maximum absolute atomic E-state index is 13.2. The topological polar surface area (TPSA) is 49.4 Å². The summed E-state index contributed by atoms with van der Waals surface area (Å²) in [7, 11) is 0. The highest BCUT2D eigenvalue weighted by Crippen LogP contribution is 2.18. The molecule has 0 aliphatic heterocycles. The molecular weight excluding hydrogens is 379 g/mol. The zero-order valence-corrected chi connectivity index (χ0v) is 17.2. The molecule has 1 atom stereocenters. The van der Waals surface area contributed by atoms with Gasteiger partial charge in [0, 0.05) is 18.1 Å². The number of amides is 2. The Labute approximate surface area is 170 Å². The third-order valence-electron chi connectivity index (χ3n) is 4.42. The van der Waals surface area contributed by atoms with Gasteiger partial charge >= 0.3 is 0 Å². The molecule has 0 aliphatic rings. The minimum absolute atomic E-state index is 0.0860. The lowest BCUT2D eigenvalue weighted by atomic mass is 10.1. The number of hydrogen-bond donors (Lipinski definition) is 1. The molecule has 0 saturated heterocycles. The lowest BCUT2D eigenvalue weighted by molar-refractivity contribution is -0.140. The first-order valence-corrected chi connectivity index (χ1v) is 9.70. The number of hydrogen-bond acceptors (Lipinski definition) is 2. The molecule has 6 heteroatoms. The van der Waals surface area contributed by atoms with Crippen molar-refractivity contribution < 1.29 is 14.0 Å². The number of nitrogens with zero attached hydrogens (tertiary/aromatic N) is 1. The second-order valence-electron chi connectivity index (χ2n) is 7.23. The van der Waals surface area contributed by atoms with Crippen molar-refractivity contribution in [3.63, 3.8) is 0 Å². The maximum Gasteiger partial charge on any atom is 0.242 e. The first-order valence-electron chi connectivity index (χ1n) is 9.33. The first kappa shape index (κ1) is 21.9. The first-order chi connectivity index (χ1) is 13.3. The van der Waals surface area contributed by atoms with Crippen LogP contribution in [0.4, 0.5) is 4.39 Å². The van der Waals surface area contributed by atoms with E-state index in [0.717, 1.165) is 5.56 Å². The molecule has 1 unspecified atom stereocenters. The molecule has 1 N–H and O–H groups in total. The molecule has 2 aromatic rings. The van der Waals surface area contributed by atoms with Crippen molar-refractivity contribution in [3.8, 4) is 0 Å². The average molecular weight is 405 g/mol. The van der Waals surface area contributed by atoms with Crippen LogP contribution in [-0.4, -0.2) is 29.3 Å². The zero-order valence-electron chi connectivity index (χ0n) is 16.4. The van der Waals surface area contributed by atoms with Gasteiger partial charge in [-0.25, -0.2) is 4.39 Å². The number of nitrogens with one attached hydrogen (secondary N) is 1. The van der Waals surface area contributed by atoms with Crippen LogP contribution < -0.4 is 5.32 Å². The van der Waals surface area contributed by atoms with Gasteiger partial charge in [0.25, 0.3) is 0 Å². The molecule has 2 rings (SSSR count). The van der Waals surface area contributed by atoms with Gasteiger partial charge < -0.3 is 10.2 Å². The molecule has 0 spiro atoms. The standard InChI is InChI=1S/C22H26ClFN2O2/c1-15(2)13-25-22(28)16(3)26(14-17-8-10-19(24)11-9-17)21(27)12-18-6-4-5-7-20(18)23/h4-11,15-16H,12-14H2,1-3H3,(H,25,28). The highest BCUT2D eigenvalue weighted by Gasteiger charge is 2.26. The molecule has 0 aromatic heterocycles. The maximum atomic E-state index is 13.2. The second kappa shape index (κ2) is 10.2. The Hall–Kier alpha value is -2.40. The van der Waals surface area contributed by atoms with Crippen LogP contribution in [0.1, 0.15) is 31.9 Å². The lowest BCUT2D eigenvalue weighted by Crippen LogP contribution is -2.48. The molecule has 2 aromatic carbocycles. The Morgan fingerprint density at radius 1 is 1.07 bits per heavy atom. The summed E-state index contributed by atoms with van der Waals surface area (Å²) < 4.78 is 13.2. The van der Waals surface area contributed by atoms with Gasteiger partial charge in [-0.3, -0.25) is 9.59 Å². The van der Waals surface area contributed by atoms with Gasteiger partial charge in [-0.05, 0) is 42.2 Å². The molecule has 0 heterocycles. The third-order valence-corrected chi connectivity index (χ3v) is 4.79. The summed E-state index contributed by atoms with van der Waals surface area (Å²) in [6.45, 7) is 6.45. The molecule has 4 nitrogen and oxygen atoms in total. The second-order valence-corrected chi connectivity index (χ2v) is 7.64. The van der Waals surface area contributed by atoms with Crippen LogP contribution >= 0.6 is 11.6 Å². The highest BCUT2D eigenvalue weighted by molar-refractivity contribution is 6.31. The fourth-order valence-electron chi connectivity index (χ4n) is 2.73. The zero-order chi connectivity index (χ0) is 20.7. The van der Waals surface area contributed by atoms with Crippen LogP contribution in [-0.2, 0) is 22.6 Å². The van der Waals surface area contributed by atoms with E-state index in [9.17, 15) is 14.0 Å².